The van der Waals surface area contributed by atoms with Crippen LogP contribution in [0.3, 0.4) is 0 Å². The highest BCUT2D eigenvalue weighted by molar-refractivity contribution is 5.80. The van der Waals surface area contributed by atoms with E-state index in [1.807, 2.05) is 4.57 Å². The van der Waals surface area contributed by atoms with Gasteiger partial charge < -0.3 is 15.0 Å². The lowest BCUT2D eigenvalue weighted by atomic mass is 10.1. The second-order valence-electron chi connectivity index (χ2n) is 4.29. The highest BCUT2D eigenvalue weighted by atomic mass is 19.1. The van der Waals surface area contributed by atoms with Gasteiger partial charge in [-0.15, -0.1) is 0 Å². The molecule has 0 aliphatic heterocycles. The first-order chi connectivity index (χ1) is 8.62. The minimum Gasteiger partial charge on any atom is -0.494 e. The van der Waals surface area contributed by atoms with Crippen LogP contribution in [0.1, 0.15) is 32.7 Å². The molecule has 5 heteroatoms. The number of hydrogen-bond donors (Lipinski definition) is 1. The number of anilines is 1. The molecule has 1 aromatic heterocycles. The van der Waals surface area contributed by atoms with Gasteiger partial charge in [0, 0.05) is 18.2 Å². The van der Waals surface area contributed by atoms with Crippen LogP contribution in [0.2, 0.25) is 0 Å². The Kier molecular flexibility index (Phi) is 3.41. The van der Waals surface area contributed by atoms with Crippen molar-refractivity contribution in [2.75, 3.05) is 12.8 Å². The number of aromatic nitrogens is 2. The lowest BCUT2D eigenvalue weighted by Crippen LogP contribution is -2.10. The van der Waals surface area contributed by atoms with Gasteiger partial charge in [0.05, 0.1) is 18.1 Å². The van der Waals surface area contributed by atoms with Crippen LogP contribution in [0, 0.1) is 5.82 Å². The Morgan fingerprint density at radius 1 is 1.39 bits per heavy atom. The molecule has 1 aromatic carbocycles. The average molecular weight is 251 g/mol. The minimum absolute atomic E-state index is 0.217. The quantitative estimate of drug-likeness (QED) is 0.908. The van der Waals surface area contributed by atoms with E-state index < -0.39 is 5.82 Å². The van der Waals surface area contributed by atoms with Gasteiger partial charge >= 0.3 is 0 Å². The fraction of sp³-hybridized carbons (Fsp3) is 0.462. The van der Waals surface area contributed by atoms with Crippen LogP contribution in [0.25, 0.3) is 11.0 Å². The average Bonchev–Trinajstić information content (AvgIpc) is 2.66. The number of nitrogens with zero attached hydrogens (tertiary/aromatic N) is 2. The van der Waals surface area contributed by atoms with Crippen LogP contribution >= 0.6 is 0 Å². The molecule has 4 nitrogen and oxygen atoms in total. The largest absolute Gasteiger partial charge is 0.494 e. The number of methoxy groups -OCH3 is 1. The Bertz CT molecular complexity index is 561. The zero-order valence-electron chi connectivity index (χ0n) is 10.9. The Morgan fingerprint density at radius 3 is 2.61 bits per heavy atom. The summed E-state index contributed by atoms with van der Waals surface area (Å²) >= 11 is 0. The number of rotatable bonds is 4. The lowest BCUT2D eigenvalue weighted by Gasteiger charge is -2.17. The molecule has 18 heavy (non-hydrogen) atoms. The molecular weight excluding hydrogens is 233 g/mol. The second kappa shape index (κ2) is 4.84. The van der Waals surface area contributed by atoms with Gasteiger partial charge in [0.15, 0.2) is 11.6 Å². The molecule has 0 aliphatic carbocycles. The van der Waals surface area contributed by atoms with Crippen molar-refractivity contribution in [3.05, 3.63) is 17.9 Å². The molecule has 2 rings (SSSR count). The van der Waals surface area contributed by atoms with Crippen LogP contribution in [0.5, 0.6) is 5.75 Å². The summed E-state index contributed by atoms with van der Waals surface area (Å²) < 4.78 is 20.6. The van der Waals surface area contributed by atoms with Crippen molar-refractivity contribution in [3.8, 4) is 5.75 Å². The molecule has 0 amide bonds. The number of nitrogen functional groups attached to an aromatic ring is 1. The van der Waals surface area contributed by atoms with Gasteiger partial charge in [-0.3, -0.25) is 0 Å². The zero-order valence-corrected chi connectivity index (χ0v) is 10.9. The van der Waals surface area contributed by atoms with Crippen molar-refractivity contribution < 1.29 is 9.13 Å². The van der Waals surface area contributed by atoms with E-state index in [2.05, 4.69) is 18.8 Å². The molecular formula is C13H18FN3O. The smallest absolute Gasteiger partial charge is 0.201 e. The molecule has 0 unspecified atom stereocenters. The Hall–Kier alpha value is -1.78. The van der Waals surface area contributed by atoms with Gasteiger partial charge in [0.1, 0.15) is 0 Å². The molecule has 0 aliphatic rings. The highest BCUT2D eigenvalue weighted by Crippen LogP contribution is 2.30. The maximum atomic E-state index is 13.6. The molecule has 0 radical (unpaired) electrons. The number of ether oxygens (including phenoxy) is 1. The van der Waals surface area contributed by atoms with Crippen molar-refractivity contribution in [1.29, 1.82) is 0 Å². The van der Waals surface area contributed by atoms with Gasteiger partial charge in [0.2, 0.25) is 5.95 Å². The third-order valence-corrected chi connectivity index (χ3v) is 3.30. The number of hydrogen-bond acceptors (Lipinski definition) is 3. The predicted molar refractivity (Wildman–Crippen MR) is 70.3 cm³/mol. The third kappa shape index (κ3) is 1.89. The van der Waals surface area contributed by atoms with E-state index in [1.54, 1.807) is 6.07 Å². The topological polar surface area (TPSA) is 53.1 Å². The van der Waals surface area contributed by atoms with E-state index in [0.717, 1.165) is 18.4 Å². The number of benzene rings is 1. The number of imidazole rings is 1. The number of halogens is 1. The summed E-state index contributed by atoms with van der Waals surface area (Å²) in [5.74, 6) is 0.222. The van der Waals surface area contributed by atoms with Gasteiger partial charge in [0.25, 0.3) is 0 Å². The van der Waals surface area contributed by atoms with E-state index >= 15 is 0 Å². The molecule has 2 aromatic rings. The van der Waals surface area contributed by atoms with E-state index in [-0.39, 0.29) is 11.8 Å². The van der Waals surface area contributed by atoms with Crippen LogP contribution in [-0.4, -0.2) is 16.7 Å². The summed E-state index contributed by atoms with van der Waals surface area (Å²) in [4.78, 5) is 4.21. The molecule has 0 fully saturated rings. The summed E-state index contributed by atoms with van der Waals surface area (Å²) in [5, 5.41) is 0. The fourth-order valence-corrected chi connectivity index (χ4v) is 2.31. The SMILES string of the molecule is CCC(CC)n1c(N)nc2cc(F)c(OC)cc21. The molecule has 2 N–H and O–H groups in total. The van der Waals surface area contributed by atoms with Crippen LogP contribution in [0.15, 0.2) is 12.1 Å². The normalized spacial score (nSPS) is 11.4. The number of nitrogens with two attached hydrogens (primary N) is 1. The summed E-state index contributed by atoms with van der Waals surface area (Å²) in [7, 11) is 1.45. The van der Waals surface area contributed by atoms with Gasteiger partial charge in [-0.05, 0) is 12.8 Å². The molecule has 0 bridgehead atoms. The Morgan fingerprint density at radius 2 is 2.06 bits per heavy atom. The zero-order chi connectivity index (χ0) is 13.3. The van der Waals surface area contributed by atoms with Crippen molar-refractivity contribution in [3.63, 3.8) is 0 Å². The third-order valence-electron chi connectivity index (χ3n) is 3.30. The molecule has 0 saturated heterocycles. The molecule has 1 heterocycles. The summed E-state index contributed by atoms with van der Waals surface area (Å²) in [6, 6.07) is 3.29. The minimum atomic E-state index is -0.417. The van der Waals surface area contributed by atoms with Crippen molar-refractivity contribution in [1.82, 2.24) is 9.55 Å². The Balaban J connectivity index is 2.69. The second-order valence-corrected chi connectivity index (χ2v) is 4.29. The van der Waals surface area contributed by atoms with Gasteiger partial charge in [-0.1, -0.05) is 13.8 Å². The van der Waals surface area contributed by atoms with Gasteiger partial charge in [-0.25, -0.2) is 9.37 Å². The van der Waals surface area contributed by atoms with Crippen molar-refractivity contribution in [2.24, 2.45) is 0 Å². The molecule has 0 saturated carbocycles. The highest BCUT2D eigenvalue weighted by Gasteiger charge is 2.17. The maximum Gasteiger partial charge on any atom is 0.201 e. The standard InChI is InChI=1S/C13H18FN3O/c1-4-8(5-2)17-11-7-12(18-3)9(14)6-10(11)16-13(17)15/h6-8H,4-5H2,1-3H3,(H2,15,16). The molecule has 0 spiro atoms. The maximum absolute atomic E-state index is 13.6. The van der Waals surface area contributed by atoms with E-state index in [0.29, 0.717) is 11.5 Å². The summed E-state index contributed by atoms with van der Waals surface area (Å²) in [6.07, 6.45) is 1.90. The molecule has 98 valence electrons. The first kappa shape index (κ1) is 12.7. The summed E-state index contributed by atoms with van der Waals surface area (Å²) in [6.45, 7) is 4.19. The summed E-state index contributed by atoms with van der Waals surface area (Å²) in [5.41, 5.74) is 7.32. The van der Waals surface area contributed by atoms with Gasteiger partial charge in [-0.2, -0.15) is 0 Å². The van der Waals surface area contributed by atoms with E-state index in [4.69, 9.17) is 10.5 Å². The lowest BCUT2D eigenvalue weighted by molar-refractivity contribution is 0.387. The number of fused-ring (bicyclic) bond motifs is 1. The Labute approximate surface area is 106 Å². The van der Waals surface area contributed by atoms with Crippen LogP contribution in [-0.2, 0) is 0 Å². The first-order valence-corrected chi connectivity index (χ1v) is 6.13. The molecule has 0 atom stereocenters. The van der Waals surface area contributed by atoms with Crippen LogP contribution in [0.4, 0.5) is 10.3 Å². The van der Waals surface area contributed by atoms with Crippen molar-refractivity contribution >= 4 is 17.0 Å². The van der Waals surface area contributed by atoms with Crippen LogP contribution < -0.4 is 10.5 Å². The monoisotopic (exact) mass is 251 g/mol. The van der Waals surface area contributed by atoms with E-state index in [1.165, 1.54) is 13.2 Å². The fourth-order valence-electron chi connectivity index (χ4n) is 2.31. The first-order valence-electron chi connectivity index (χ1n) is 6.13. The predicted octanol–water partition coefficient (Wildman–Crippen LogP) is 3.13. The van der Waals surface area contributed by atoms with E-state index in [9.17, 15) is 4.39 Å². The van der Waals surface area contributed by atoms with Crippen molar-refractivity contribution in [2.45, 2.75) is 32.7 Å².